The minimum atomic E-state index is -2.95. The van der Waals surface area contributed by atoms with Gasteiger partial charge in [0.2, 0.25) is 0 Å². The number of nitrogens with two attached hydrogens (primary N) is 1. The number of ether oxygens (including phenoxy) is 1. The minimum Gasteiger partial charge on any atom is -0.444 e. The molecule has 3 N–H and O–H groups in total. The van der Waals surface area contributed by atoms with Crippen molar-refractivity contribution in [2.75, 3.05) is 0 Å². The fourth-order valence-corrected chi connectivity index (χ4v) is 1.66. The van der Waals surface area contributed by atoms with Crippen LogP contribution >= 0.6 is 0 Å². The Morgan fingerprint density at radius 2 is 2.06 bits per heavy atom. The van der Waals surface area contributed by atoms with Crippen LogP contribution in [-0.4, -0.2) is 29.7 Å². The number of nitrogens with one attached hydrogen (secondary N) is 1. The molecule has 1 fully saturated rings. The van der Waals surface area contributed by atoms with Crippen molar-refractivity contribution in [2.24, 2.45) is 5.73 Å². The first-order valence-corrected chi connectivity index (χ1v) is 5.23. The van der Waals surface area contributed by atoms with E-state index < -0.39 is 36.1 Å². The monoisotopic (exact) mass is 236 g/mol. The molecule has 4 nitrogen and oxygen atoms in total. The van der Waals surface area contributed by atoms with Gasteiger partial charge in [-0.1, -0.05) is 0 Å². The van der Waals surface area contributed by atoms with Gasteiger partial charge >= 0.3 is 6.09 Å². The molecule has 2 atom stereocenters. The van der Waals surface area contributed by atoms with Crippen LogP contribution in [0, 0.1) is 0 Å². The van der Waals surface area contributed by atoms with Gasteiger partial charge in [-0.2, -0.15) is 0 Å². The summed E-state index contributed by atoms with van der Waals surface area (Å²) in [6, 6.07) is -1.80. The van der Waals surface area contributed by atoms with Crippen LogP contribution in [0.15, 0.2) is 0 Å². The summed E-state index contributed by atoms with van der Waals surface area (Å²) in [5.74, 6) is -2.95. The number of rotatable bonds is 1. The van der Waals surface area contributed by atoms with Crippen LogP contribution in [0.1, 0.15) is 33.6 Å². The number of hydrogen-bond acceptors (Lipinski definition) is 3. The minimum absolute atomic E-state index is 0.0756. The average molecular weight is 236 g/mol. The number of alkyl carbamates (subject to hydrolysis) is 1. The first kappa shape index (κ1) is 13.2. The molecule has 0 radical (unpaired) electrons. The number of halogens is 2. The molecule has 6 heteroatoms. The molecule has 1 saturated carbocycles. The topological polar surface area (TPSA) is 64.3 Å². The molecular weight excluding hydrogens is 218 g/mol. The molecule has 0 aromatic rings. The first-order chi connectivity index (χ1) is 7.10. The summed E-state index contributed by atoms with van der Waals surface area (Å²) in [5.41, 5.74) is 4.74. The van der Waals surface area contributed by atoms with Crippen LogP contribution in [0.2, 0.25) is 0 Å². The Balaban J connectivity index is 2.52. The normalized spacial score (nSPS) is 28.9. The van der Waals surface area contributed by atoms with Crippen molar-refractivity contribution in [1.29, 1.82) is 0 Å². The van der Waals surface area contributed by atoms with Gasteiger partial charge in [0.1, 0.15) is 5.60 Å². The van der Waals surface area contributed by atoms with Crippen molar-refractivity contribution in [3.63, 3.8) is 0 Å². The van der Waals surface area contributed by atoms with Gasteiger partial charge in [-0.3, -0.25) is 0 Å². The molecule has 0 spiro atoms. The molecule has 0 aromatic carbocycles. The molecular formula is C10H18F2N2O2. The van der Waals surface area contributed by atoms with Crippen LogP contribution in [-0.2, 0) is 4.74 Å². The molecule has 1 rings (SSSR count). The zero-order valence-corrected chi connectivity index (χ0v) is 9.72. The van der Waals surface area contributed by atoms with E-state index in [0.717, 1.165) is 0 Å². The van der Waals surface area contributed by atoms with Crippen molar-refractivity contribution in [1.82, 2.24) is 5.32 Å². The highest BCUT2D eigenvalue weighted by atomic mass is 19.3. The molecule has 0 aliphatic heterocycles. The van der Waals surface area contributed by atoms with E-state index in [0.29, 0.717) is 0 Å². The van der Waals surface area contributed by atoms with Gasteiger partial charge in [0.25, 0.3) is 5.92 Å². The van der Waals surface area contributed by atoms with Gasteiger partial charge in [0.05, 0.1) is 6.04 Å². The second kappa shape index (κ2) is 4.16. The first-order valence-electron chi connectivity index (χ1n) is 5.23. The standard InChI is InChI=1S/C10H18F2N2O2/c1-9(2,3)16-8(15)14-7-4-6(13)5-10(7,11)12/h6-7H,4-5,13H2,1-3H3,(H,14,15). The molecule has 1 aliphatic rings. The fraction of sp³-hybridized carbons (Fsp3) is 0.900. The van der Waals surface area contributed by atoms with E-state index in [1.807, 2.05) is 0 Å². The summed E-state index contributed by atoms with van der Waals surface area (Å²) in [4.78, 5) is 11.3. The van der Waals surface area contributed by atoms with Crippen LogP contribution < -0.4 is 11.1 Å². The zero-order chi connectivity index (χ0) is 12.6. The summed E-state index contributed by atoms with van der Waals surface area (Å²) in [7, 11) is 0. The summed E-state index contributed by atoms with van der Waals surface area (Å²) in [5, 5.41) is 2.16. The van der Waals surface area contributed by atoms with Crippen LogP contribution in [0.5, 0.6) is 0 Å². The van der Waals surface area contributed by atoms with Crippen LogP contribution in [0.3, 0.4) is 0 Å². The summed E-state index contributed by atoms with van der Waals surface area (Å²) >= 11 is 0. The Hall–Kier alpha value is -0.910. The number of hydrogen-bond donors (Lipinski definition) is 2. The lowest BCUT2D eigenvalue weighted by Gasteiger charge is -2.24. The average Bonchev–Trinajstić information content (AvgIpc) is 2.19. The van der Waals surface area contributed by atoms with Crippen molar-refractivity contribution >= 4 is 6.09 Å². The maximum atomic E-state index is 13.3. The third kappa shape index (κ3) is 3.59. The van der Waals surface area contributed by atoms with Crippen molar-refractivity contribution in [2.45, 2.75) is 57.2 Å². The van der Waals surface area contributed by atoms with Gasteiger partial charge in [-0.05, 0) is 27.2 Å². The van der Waals surface area contributed by atoms with Gasteiger partial charge in [-0.15, -0.1) is 0 Å². The molecule has 2 unspecified atom stereocenters. The highest BCUT2D eigenvalue weighted by molar-refractivity contribution is 5.68. The third-order valence-electron chi connectivity index (χ3n) is 2.27. The predicted octanol–water partition coefficient (Wildman–Crippen LogP) is 1.64. The lowest BCUT2D eigenvalue weighted by atomic mass is 10.2. The molecule has 1 amide bonds. The van der Waals surface area contributed by atoms with Crippen molar-refractivity contribution in [3.8, 4) is 0 Å². The van der Waals surface area contributed by atoms with E-state index in [4.69, 9.17) is 10.5 Å². The second-order valence-electron chi connectivity index (χ2n) is 5.16. The van der Waals surface area contributed by atoms with E-state index in [1.54, 1.807) is 20.8 Å². The Morgan fingerprint density at radius 3 is 2.44 bits per heavy atom. The lowest BCUT2D eigenvalue weighted by molar-refractivity contribution is -0.0237. The lowest BCUT2D eigenvalue weighted by Crippen LogP contribution is -2.45. The van der Waals surface area contributed by atoms with E-state index in [2.05, 4.69) is 5.32 Å². The largest absolute Gasteiger partial charge is 0.444 e. The molecule has 94 valence electrons. The van der Waals surface area contributed by atoms with E-state index in [1.165, 1.54) is 0 Å². The number of alkyl halides is 2. The maximum Gasteiger partial charge on any atom is 0.408 e. The van der Waals surface area contributed by atoms with Crippen LogP contribution in [0.4, 0.5) is 13.6 Å². The smallest absolute Gasteiger partial charge is 0.408 e. The quantitative estimate of drug-likeness (QED) is 0.727. The van der Waals surface area contributed by atoms with Gasteiger partial charge in [0.15, 0.2) is 0 Å². The van der Waals surface area contributed by atoms with E-state index in [9.17, 15) is 13.6 Å². The molecule has 0 aromatic heterocycles. The van der Waals surface area contributed by atoms with Crippen LogP contribution in [0.25, 0.3) is 0 Å². The zero-order valence-electron chi connectivity index (χ0n) is 9.72. The maximum absolute atomic E-state index is 13.3. The molecule has 1 aliphatic carbocycles. The highest BCUT2D eigenvalue weighted by Gasteiger charge is 2.48. The molecule has 0 bridgehead atoms. The van der Waals surface area contributed by atoms with Gasteiger partial charge in [0, 0.05) is 12.5 Å². The van der Waals surface area contributed by atoms with E-state index in [-0.39, 0.29) is 6.42 Å². The van der Waals surface area contributed by atoms with E-state index >= 15 is 0 Å². The molecule has 16 heavy (non-hydrogen) atoms. The Bertz CT molecular complexity index is 276. The Labute approximate surface area is 93.5 Å². The number of carbonyl (C=O) groups is 1. The van der Waals surface area contributed by atoms with Crippen molar-refractivity contribution < 1.29 is 18.3 Å². The SMILES string of the molecule is CC(C)(C)OC(=O)NC1CC(N)CC1(F)F. The highest BCUT2D eigenvalue weighted by Crippen LogP contribution is 2.34. The number of amides is 1. The Morgan fingerprint density at radius 1 is 1.50 bits per heavy atom. The second-order valence-corrected chi connectivity index (χ2v) is 5.16. The fourth-order valence-electron chi connectivity index (χ4n) is 1.66. The van der Waals surface area contributed by atoms with Crippen molar-refractivity contribution in [3.05, 3.63) is 0 Å². The molecule has 0 heterocycles. The van der Waals surface area contributed by atoms with Gasteiger partial charge < -0.3 is 15.8 Å². The summed E-state index contributed by atoms with van der Waals surface area (Å²) in [6.45, 7) is 5.02. The third-order valence-corrected chi connectivity index (χ3v) is 2.27. The number of carbonyl (C=O) groups excluding carboxylic acids is 1. The predicted molar refractivity (Wildman–Crippen MR) is 55.3 cm³/mol. The summed E-state index contributed by atoms with van der Waals surface area (Å²) in [6.07, 6.45) is -1.15. The Kier molecular flexibility index (Phi) is 3.42. The summed E-state index contributed by atoms with van der Waals surface area (Å²) < 4.78 is 31.5. The molecule has 0 saturated heterocycles. The van der Waals surface area contributed by atoms with Gasteiger partial charge in [-0.25, -0.2) is 13.6 Å².